The maximum Gasteiger partial charge on any atom is 0.269 e. The zero-order chi connectivity index (χ0) is 11.7. The van der Waals surface area contributed by atoms with Gasteiger partial charge in [0.15, 0.2) is 0 Å². The average Bonchev–Trinajstić information content (AvgIpc) is 2.86. The molecule has 4 nitrogen and oxygen atoms in total. The summed E-state index contributed by atoms with van der Waals surface area (Å²) in [5, 5.41) is 3.42. The molecule has 0 saturated carbocycles. The van der Waals surface area contributed by atoms with E-state index < -0.39 is 0 Å². The first-order valence-electron chi connectivity index (χ1n) is 6.02. The number of fused-ring (bicyclic) bond motifs is 1. The highest BCUT2D eigenvalue weighted by atomic mass is 16.1. The summed E-state index contributed by atoms with van der Waals surface area (Å²) in [6.07, 6.45) is 3.75. The molecule has 1 fully saturated rings. The van der Waals surface area contributed by atoms with Crippen LogP contribution in [0.5, 0.6) is 0 Å². The minimum atomic E-state index is -0.0163. The number of hydrogen-bond donors (Lipinski definition) is 1. The van der Waals surface area contributed by atoms with Crippen molar-refractivity contribution in [2.45, 2.75) is 25.4 Å². The number of aromatic nitrogens is 2. The second-order valence-corrected chi connectivity index (χ2v) is 4.49. The van der Waals surface area contributed by atoms with E-state index in [-0.39, 0.29) is 5.56 Å². The van der Waals surface area contributed by atoms with E-state index in [0.717, 1.165) is 30.5 Å². The largest absolute Gasteiger partial charge is 0.312 e. The molecule has 0 radical (unpaired) electrons. The van der Waals surface area contributed by atoms with Gasteiger partial charge in [0, 0.05) is 12.6 Å². The summed E-state index contributed by atoms with van der Waals surface area (Å²) < 4.78 is 1.82. The quantitative estimate of drug-likeness (QED) is 0.840. The van der Waals surface area contributed by atoms with E-state index in [1.807, 2.05) is 28.8 Å². The number of hydrogen-bond acceptors (Lipinski definition) is 3. The van der Waals surface area contributed by atoms with Crippen molar-refractivity contribution in [3.63, 3.8) is 0 Å². The van der Waals surface area contributed by atoms with Gasteiger partial charge in [-0.1, -0.05) is 12.1 Å². The van der Waals surface area contributed by atoms with Crippen LogP contribution in [0, 0.1) is 0 Å². The van der Waals surface area contributed by atoms with Crippen molar-refractivity contribution in [1.29, 1.82) is 0 Å². The topological polar surface area (TPSA) is 46.9 Å². The Bertz CT molecular complexity index is 584. The van der Waals surface area contributed by atoms with Crippen molar-refractivity contribution >= 4 is 11.0 Å². The second kappa shape index (κ2) is 4.30. The van der Waals surface area contributed by atoms with Gasteiger partial charge in [0.2, 0.25) is 0 Å². The third kappa shape index (κ3) is 1.96. The highest BCUT2D eigenvalue weighted by molar-refractivity contribution is 5.74. The molecule has 3 rings (SSSR count). The zero-order valence-corrected chi connectivity index (χ0v) is 9.60. The molecule has 1 aliphatic heterocycles. The smallest absolute Gasteiger partial charge is 0.269 e. The van der Waals surface area contributed by atoms with E-state index in [0.29, 0.717) is 6.04 Å². The average molecular weight is 229 g/mol. The minimum Gasteiger partial charge on any atom is -0.312 e. The van der Waals surface area contributed by atoms with Crippen molar-refractivity contribution in [2.75, 3.05) is 6.54 Å². The van der Waals surface area contributed by atoms with E-state index in [2.05, 4.69) is 10.3 Å². The highest BCUT2D eigenvalue weighted by Crippen LogP contribution is 2.12. The second-order valence-electron chi connectivity index (χ2n) is 4.49. The lowest BCUT2D eigenvalue weighted by molar-refractivity contribution is 0.509. The third-order valence-corrected chi connectivity index (χ3v) is 3.32. The lowest BCUT2D eigenvalue weighted by Gasteiger charge is -2.14. The number of nitrogens with one attached hydrogen (secondary N) is 1. The summed E-state index contributed by atoms with van der Waals surface area (Å²) in [7, 11) is 0. The molecular weight excluding hydrogens is 214 g/mol. The van der Waals surface area contributed by atoms with Crippen LogP contribution in [0.1, 0.15) is 12.8 Å². The third-order valence-electron chi connectivity index (χ3n) is 3.32. The van der Waals surface area contributed by atoms with Gasteiger partial charge in [-0.25, -0.2) is 4.98 Å². The normalized spacial score (nSPS) is 19.9. The van der Waals surface area contributed by atoms with E-state index in [1.165, 1.54) is 12.6 Å². The first-order chi connectivity index (χ1) is 8.34. The summed E-state index contributed by atoms with van der Waals surface area (Å²) >= 11 is 0. The molecular formula is C13H15N3O. The van der Waals surface area contributed by atoms with Crippen molar-refractivity contribution in [3.05, 3.63) is 40.8 Å². The highest BCUT2D eigenvalue weighted by Gasteiger charge is 2.16. The number of benzene rings is 1. The Morgan fingerprint density at radius 1 is 1.41 bits per heavy atom. The van der Waals surface area contributed by atoms with Crippen molar-refractivity contribution in [1.82, 2.24) is 14.9 Å². The van der Waals surface area contributed by atoms with Crippen LogP contribution < -0.4 is 10.9 Å². The maximum atomic E-state index is 11.9. The lowest BCUT2D eigenvalue weighted by atomic mass is 10.2. The van der Waals surface area contributed by atoms with Gasteiger partial charge >= 0.3 is 0 Å². The zero-order valence-electron chi connectivity index (χ0n) is 9.60. The lowest BCUT2D eigenvalue weighted by Crippen LogP contribution is -2.32. The summed E-state index contributed by atoms with van der Waals surface area (Å²) in [5.41, 5.74) is 1.79. The summed E-state index contributed by atoms with van der Waals surface area (Å²) in [4.78, 5) is 16.1. The molecule has 0 amide bonds. The Morgan fingerprint density at radius 2 is 2.29 bits per heavy atom. The van der Waals surface area contributed by atoms with Gasteiger partial charge in [-0.05, 0) is 31.5 Å². The van der Waals surface area contributed by atoms with Crippen LogP contribution in [-0.4, -0.2) is 22.1 Å². The predicted molar refractivity (Wildman–Crippen MR) is 67.0 cm³/mol. The first kappa shape index (κ1) is 10.5. The summed E-state index contributed by atoms with van der Waals surface area (Å²) in [5.74, 6) is 0. The monoisotopic (exact) mass is 229 g/mol. The first-order valence-corrected chi connectivity index (χ1v) is 6.02. The molecule has 17 heavy (non-hydrogen) atoms. The molecule has 1 aliphatic rings. The molecule has 2 aromatic rings. The fourth-order valence-corrected chi connectivity index (χ4v) is 2.44. The summed E-state index contributed by atoms with van der Waals surface area (Å²) in [6.45, 7) is 1.80. The minimum absolute atomic E-state index is 0.0163. The molecule has 1 atom stereocenters. The van der Waals surface area contributed by atoms with Crippen LogP contribution in [-0.2, 0) is 6.54 Å². The van der Waals surface area contributed by atoms with Crippen LogP contribution in [0.3, 0.4) is 0 Å². The van der Waals surface area contributed by atoms with Gasteiger partial charge in [0.1, 0.15) is 0 Å². The number of para-hydroxylation sites is 2. The molecule has 1 unspecified atom stereocenters. The maximum absolute atomic E-state index is 11.9. The molecule has 2 heterocycles. The fraction of sp³-hybridized carbons (Fsp3) is 0.385. The van der Waals surface area contributed by atoms with Gasteiger partial charge < -0.3 is 9.88 Å². The molecule has 1 aromatic heterocycles. The number of rotatable bonds is 2. The Balaban J connectivity index is 2.06. The van der Waals surface area contributed by atoms with E-state index in [1.54, 1.807) is 0 Å². The van der Waals surface area contributed by atoms with Crippen LogP contribution in [0.4, 0.5) is 0 Å². The molecule has 4 heteroatoms. The molecule has 1 N–H and O–H groups in total. The molecule has 88 valence electrons. The van der Waals surface area contributed by atoms with E-state index >= 15 is 0 Å². The van der Waals surface area contributed by atoms with Gasteiger partial charge in [-0.15, -0.1) is 0 Å². The summed E-state index contributed by atoms with van der Waals surface area (Å²) in [6, 6.07) is 8.20. The van der Waals surface area contributed by atoms with Crippen molar-refractivity contribution in [2.24, 2.45) is 0 Å². The SMILES string of the molecule is O=c1cnc2ccccc2n1CC1CCCN1. The van der Waals surface area contributed by atoms with Crippen LogP contribution >= 0.6 is 0 Å². The Morgan fingerprint density at radius 3 is 3.12 bits per heavy atom. The van der Waals surface area contributed by atoms with Crippen LogP contribution in [0.25, 0.3) is 11.0 Å². The van der Waals surface area contributed by atoms with Gasteiger partial charge in [0.25, 0.3) is 5.56 Å². The Hall–Kier alpha value is -1.68. The Kier molecular flexibility index (Phi) is 2.65. The van der Waals surface area contributed by atoms with Crippen LogP contribution in [0.2, 0.25) is 0 Å². The fourth-order valence-electron chi connectivity index (χ4n) is 2.44. The van der Waals surface area contributed by atoms with E-state index in [4.69, 9.17) is 0 Å². The standard InChI is InChI=1S/C13H15N3O/c17-13-8-15-11-5-1-2-6-12(11)16(13)9-10-4-3-7-14-10/h1-2,5-6,8,10,14H,3-4,7,9H2. The molecule has 1 saturated heterocycles. The van der Waals surface area contributed by atoms with Gasteiger partial charge in [-0.2, -0.15) is 0 Å². The van der Waals surface area contributed by atoms with E-state index in [9.17, 15) is 4.79 Å². The molecule has 0 spiro atoms. The van der Waals surface area contributed by atoms with Crippen LogP contribution in [0.15, 0.2) is 35.3 Å². The molecule has 1 aromatic carbocycles. The molecule has 0 bridgehead atoms. The van der Waals surface area contributed by atoms with Crippen molar-refractivity contribution in [3.8, 4) is 0 Å². The van der Waals surface area contributed by atoms with Crippen molar-refractivity contribution < 1.29 is 0 Å². The van der Waals surface area contributed by atoms with Gasteiger partial charge in [-0.3, -0.25) is 4.79 Å². The number of nitrogens with zero attached hydrogens (tertiary/aromatic N) is 2. The van der Waals surface area contributed by atoms with Gasteiger partial charge in [0.05, 0.1) is 17.2 Å². The Labute approximate surface area is 99.3 Å². The predicted octanol–water partition coefficient (Wildman–Crippen LogP) is 1.15. The molecule has 0 aliphatic carbocycles.